The van der Waals surface area contributed by atoms with Gasteiger partial charge < -0.3 is 10.3 Å². The molecular weight excluding hydrogens is 196 g/mol. The van der Waals surface area contributed by atoms with Crippen LogP contribution in [0.4, 0.5) is 5.88 Å². The minimum atomic E-state index is 0.364. The van der Waals surface area contributed by atoms with E-state index >= 15 is 0 Å². The first kappa shape index (κ1) is 9.15. The molecule has 4 heteroatoms. The summed E-state index contributed by atoms with van der Waals surface area (Å²) in [6.07, 6.45) is 3.67. The lowest BCUT2D eigenvalue weighted by atomic mass is 10.1. The van der Waals surface area contributed by atoms with Gasteiger partial charge in [-0.25, -0.2) is 0 Å². The Bertz CT molecular complexity index is 439. The number of rotatable bonds is 2. The molecule has 0 aliphatic carbocycles. The predicted molar refractivity (Wildman–Crippen MR) is 58.1 cm³/mol. The highest BCUT2D eigenvalue weighted by Crippen LogP contribution is 2.28. The zero-order valence-electron chi connectivity index (χ0n) is 7.73. The zero-order chi connectivity index (χ0) is 9.97. The minimum absolute atomic E-state index is 0.364. The second-order valence-corrected chi connectivity index (χ2v) is 3.72. The number of hydrogen-bond donors (Lipinski definition) is 1. The molecule has 0 aliphatic rings. The average molecular weight is 206 g/mol. The predicted octanol–water partition coefficient (Wildman–Crippen LogP) is 2.65. The van der Waals surface area contributed by atoms with Crippen LogP contribution in [0.25, 0.3) is 11.1 Å². The van der Waals surface area contributed by atoms with E-state index in [-0.39, 0.29) is 0 Å². The fourth-order valence-electron chi connectivity index (χ4n) is 1.26. The van der Waals surface area contributed by atoms with E-state index in [9.17, 15) is 0 Å². The van der Waals surface area contributed by atoms with Gasteiger partial charge in [-0.2, -0.15) is 0 Å². The molecule has 1 aromatic carbocycles. The summed E-state index contributed by atoms with van der Waals surface area (Å²) in [5.41, 5.74) is 7.51. The summed E-state index contributed by atoms with van der Waals surface area (Å²) in [6, 6.07) is 8.10. The molecule has 72 valence electrons. The molecule has 0 saturated heterocycles. The van der Waals surface area contributed by atoms with E-state index in [4.69, 9.17) is 10.3 Å². The van der Waals surface area contributed by atoms with E-state index in [1.54, 1.807) is 18.0 Å². The fraction of sp³-hybridized carbons (Fsp3) is 0.100. The van der Waals surface area contributed by atoms with E-state index in [1.807, 2.05) is 18.4 Å². The molecule has 0 saturated carbocycles. The third kappa shape index (κ3) is 1.61. The molecule has 0 amide bonds. The highest BCUT2D eigenvalue weighted by Gasteiger charge is 2.06. The van der Waals surface area contributed by atoms with E-state index in [0.29, 0.717) is 5.88 Å². The Morgan fingerprint density at radius 3 is 2.93 bits per heavy atom. The number of aromatic nitrogens is 1. The van der Waals surface area contributed by atoms with Crippen molar-refractivity contribution in [1.29, 1.82) is 0 Å². The van der Waals surface area contributed by atoms with Crippen molar-refractivity contribution < 1.29 is 4.52 Å². The van der Waals surface area contributed by atoms with Crippen LogP contribution in [0.5, 0.6) is 0 Å². The van der Waals surface area contributed by atoms with Gasteiger partial charge >= 0.3 is 0 Å². The molecule has 0 radical (unpaired) electrons. The lowest BCUT2D eigenvalue weighted by molar-refractivity contribution is 0.436. The van der Waals surface area contributed by atoms with Crippen LogP contribution in [0, 0.1) is 0 Å². The second kappa shape index (κ2) is 3.75. The normalized spacial score (nSPS) is 10.4. The van der Waals surface area contributed by atoms with Crippen molar-refractivity contribution >= 4 is 17.6 Å². The summed E-state index contributed by atoms with van der Waals surface area (Å²) >= 11 is 1.69. The molecule has 0 spiro atoms. The first-order chi connectivity index (χ1) is 6.81. The Labute approximate surface area is 86.3 Å². The van der Waals surface area contributed by atoms with E-state index in [1.165, 1.54) is 4.90 Å². The van der Waals surface area contributed by atoms with E-state index < -0.39 is 0 Å². The average Bonchev–Trinajstić information content (AvgIpc) is 2.65. The van der Waals surface area contributed by atoms with Crippen LogP contribution in [0.2, 0.25) is 0 Å². The molecule has 0 fully saturated rings. The van der Waals surface area contributed by atoms with E-state index in [0.717, 1.165) is 11.1 Å². The van der Waals surface area contributed by atoms with Gasteiger partial charge in [0.2, 0.25) is 5.88 Å². The van der Waals surface area contributed by atoms with Crippen LogP contribution in [0.1, 0.15) is 0 Å². The number of nitrogen functional groups attached to an aromatic ring is 1. The van der Waals surface area contributed by atoms with Crippen molar-refractivity contribution in [3.8, 4) is 11.1 Å². The second-order valence-electron chi connectivity index (χ2n) is 2.84. The zero-order valence-corrected chi connectivity index (χ0v) is 8.54. The standard InChI is InChI=1S/C10H10N2OS/c1-14-8-4-2-3-7(5-8)9-6-12-13-10(9)11/h2-6H,11H2,1H3. The number of nitrogens with two attached hydrogens (primary N) is 1. The molecule has 2 rings (SSSR count). The van der Waals surface area contributed by atoms with Crippen LogP contribution in [0.15, 0.2) is 39.9 Å². The van der Waals surface area contributed by atoms with Crippen molar-refractivity contribution in [2.24, 2.45) is 0 Å². The van der Waals surface area contributed by atoms with Gasteiger partial charge in [0, 0.05) is 4.90 Å². The summed E-state index contributed by atoms with van der Waals surface area (Å²) in [5, 5.41) is 3.65. The SMILES string of the molecule is CSc1cccc(-c2cnoc2N)c1. The van der Waals surface area contributed by atoms with Crippen molar-refractivity contribution in [3.63, 3.8) is 0 Å². The summed E-state index contributed by atoms with van der Waals surface area (Å²) in [5.74, 6) is 0.364. The van der Waals surface area contributed by atoms with Gasteiger partial charge in [0.05, 0.1) is 11.8 Å². The molecule has 0 aliphatic heterocycles. The highest BCUT2D eigenvalue weighted by atomic mass is 32.2. The van der Waals surface area contributed by atoms with Gasteiger partial charge in [0.25, 0.3) is 0 Å². The topological polar surface area (TPSA) is 52.0 Å². The maximum atomic E-state index is 5.63. The maximum Gasteiger partial charge on any atom is 0.229 e. The fourth-order valence-corrected chi connectivity index (χ4v) is 1.72. The van der Waals surface area contributed by atoms with Crippen LogP contribution in [-0.4, -0.2) is 11.4 Å². The molecule has 0 bridgehead atoms. The molecule has 1 aromatic heterocycles. The Morgan fingerprint density at radius 1 is 1.43 bits per heavy atom. The van der Waals surface area contributed by atoms with Crippen molar-refractivity contribution in [2.75, 3.05) is 12.0 Å². The summed E-state index contributed by atoms with van der Waals surface area (Å²) in [6.45, 7) is 0. The first-order valence-electron chi connectivity index (χ1n) is 4.16. The molecule has 14 heavy (non-hydrogen) atoms. The quantitative estimate of drug-likeness (QED) is 0.767. The molecule has 0 atom stereocenters. The highest BCUT2D eigenvalue weighted by molar-refractivity contribution is 7.98. The molecule has 1 heterocycles. The Hall–Kier alpha value is -1.42. The van der Waals surface area contributed by atoms with Crippen molar-refractivity contribution in [1.82, 2.24) is 5.16 Å². The molecular formula is C10H10N2OS. The van der Waals surface area contributed by atoms with Crippen molar-refractivity contribution in [2.45, 2.75) is 4.90 Å². The van der Waals surface area contributed by atoms with Crippen LogP contribution < -0.4 is 5.73 Å². The van der Waals surface area contributed by atoms with Crippen LogP contribution in [-0.2, 0) is 0 Å². The smallest absolute Gasteiger partial charge is 0.229 e. The van der Waals surface area contributed by atoms with Crippen molar-refractivity contribution in [3.05, 3.63) is 30.5 Å². The Kier molecular flexibility index (Phi) is 2.45. The van der Waals surface area contributed by atoms with Crippen LogP contribution >= 0.6 is 11.8 Å². The lowest BCUT2D eigenvalue weighted by Crippen LogP contribution is -1.84. The third-order valence-electron chi connectivity index (χ3n) is 1.98. The van der Waals surface area contributed by atoms with Gasteiger partial charge in [-0.05, 0) is 24.0 Å². The molecule has 3 nitrogen and oxygen atoms in total. The van der Waals surface area contributed by atoms with E-state index in [2.05, 4.69) is 17.3 Å². The minimum Gasteiger partial charge on any atom is -0.367 e. The first-order valence-corrected chi connectivity index (χ1v) is 5.38. The van der Waals surface area contributed by atoms with Gasteiger partial charge in [-0.1, -0.05) is 17.3 Å². The number of thioether (sulfide) groups is 1. The monoisotopic (exact) mass is 206 g/mol. The Balaban J connectivity index is 2.47. The number of nitrogens with zero attached hydrogens (tertiary/aromatic N) is 1. The summed E-state index contributed by atoms with van der Waals surface area (Å²) in [4.78, 5) is 1.20. The lowest BCUT2D eigenvalue weighted by Gasteiger charge is -2.00. The maximum absolute atomic E-state index is 5.63. The Morgan fingerprint density at radius 2 is 2.29 bits per heavy atom. The molecule has 0 unspecified atom stereocenters. The number of anilines is 1. The molecule has 2 N–H and O–H groups in total. The summed E-state index contributed by atoms with van der Waals surface area (Å²) in [7, 11) is 0. The van der Waals surface area contributed by atoms with Gasteiger partial charge in [-0.15, -0.1) is 11.8 Å². The third-order valence-corrected chi connectivity index (χ3v) is 2.70. The van der Waals surface area contributed by atoms with Crippen LogP contribution in [0.3, 0.4) is 0 Å². The summed E-state index contributed by atoms with van der Waals surface area (Å²) < 4.78 is 4.81. The number of benzene rings is 1. The number of hydrogen-bond acceptors (Lipinski definition) is 4. The van der Waals surface area contributed by atoms with Gasteiger partial charge in [-0.3, -0.25) is 0 Å². The van der Waals surface area contributed by atoms with Gasteiger partial charge in [0.1, 0.15) is 0 Å². The molecule has 2 aromatic rings. The van der Waals surface area contributed by atoms with Gasteiger partial charge in [0.15, 0.2) is 0 Å². The largest absolute Gasteiger partial charge is 0.367 e.